The number of carbonyl (C=O) groups excluding carboxylic acids is 2. The number of esters is 1. The number of aliphatic hydroxyl groups is 5. The SMILES string of the molecule is CCC/C=C\C/C=C\CCCCCCCC(=O)OCCCCCCCCCCC/C=C\C/C=C\CCCCCCCCCCCCCC(=O)NC(COC1OC(CO)C(O)C(O)C1O)C(O)/C=C/CCCCCCCCCCCCCC. The maximum absolute atomic E-state index is 13.1. The van der Waals surface area contributed by atoms with Crippen molar-refractivity contribution in [3.63, 3.8) is 0 Å². The third-order valence-corrected chi connectivity index (χ3v) is 16.1. The van der Waals surface area contributed by atoms with Gasteiger partial charge in [0.15, 0.2) is 6.29 Å². The van der Waals surface area contributed by atoms with Crippen LogP contribution in [-0.2, 0) is 23.8 Å². The first-order valence-corrected chi connectivity index (χ1v) is 34.6. The van der Waals surface area contributed by atoms with Gasteiger partial charge in [-0.1, -0.05) is 274 Å². The second kappa shape index (κ2) is 60.1. The minimum Gasteiger partial charge on any atom is -0.466 e. The standard InChI is InChI=1S/C71H129NO10/c1-3-5-7-9-11-13-15-17-34-37-41-45-49-53-57-64(74)63(62-81-71-70(79)69(78)68(77)65(61-73)82-71)72-66(75)58-54-50-46-42-38-35-31-29-27-25-23-21-19-18-20-22-24-26-28-30-32-36-40-44-48-52-56-60-80-67(76)59-55-51-47-43-39-33-16-14-12-10-8-6-4-2/h8,10,14,16,18-19,22,24,53,57,63-65,68-71,73-74,77-79H,3-7,9,11-13,15,17,20-21,23,25-52,54-56,58-62H2,1-2H3,(H,72,75)/b10-8-,16-14-,19-18-,24-22-,57-53+. The van der Waals surface area contributed by atoms with Gasteiger partial charge in [0.1, 0.15) is 24.4 Å². The summed E-state index contributed by atoms with van der Waals surface area (Å²) in [5, 5.41) is 54.5. The second-order valence-corrected chi connectivity index (χ2v) is 23.9. The first kappa shape index (κ1) is 77.4. The predicted octanol–water partition coefficient (Wildman–Crippen LogP) is 17.3. The fourth-order valence-electron chi connectivity index (χ4n) is 10.6. The number of allylic oxidation sites excluding steroid dienone is 9. The first-order valence-electron chi connectivity index (χ1n) is 34.6. The number of hydrogen-bond acceptors (Lipinski definition) is 10. The molecule has 7 unspecified atom stereocenters. The molecule has 478 valence electrons. The Bertz CT molecular complexity index is 1550. The second-order valence-electron chi connectivity index (χ2n) is 23.9. The van der Waals surface area contributed by atoms with Crippen molar-refractivity contribution >= 4 is 11.9 Å². The quantitative estimate of drug-likeness (QED) is 0.0195. The Morgan fingerprint density at radius 2 is 0.841 bits per heavy atom. The summed E-state index contributed by atoms with van der Waals surface area (Å²) in [7, 11) is 0. The monoisotopic (exact) mass is 1160 g/mol. The maximum Gasteiger partial charge on any atom is 0.305 e. The highest BCUT2D eigenvalue weighted by molar-refractivity contribution is 5.76. The van der Waals surface area contributed by atoms with Crippen LogP contribution >= 0.6 is 0 Å². The summed E-state index contributed by atoms with van der Waals surface area (Å²) in [4.78, 5) is 25.1. The zero-order valence-electron chi connectivity index (χ0n) is 52.9. The van der Waals surface area contributed by atoms with Crippen molar-refractivity contribution in [2.24, 2.45) is 0 Å². The van der Waals surface area contributed by atoms with Crippen molar-refractivity contribution < 1.29 is 49.3 Å². The Morgan fingerprint density at radius 3 is 1.28 bits per heavy atom. The van der Waals surface area contributed by atoms with Crippen LogP contribution < -0.4 is 5.32 Å². The molecule has 0 aromatic carbocycles. The van der Waals surface area contributed by atoms with E-state index in [1.807, 2.05) is 6.08 Å². The molecule has 1 aliphatic rings. The number of carbonyl (C=O) groups is 2. The molecule has 1 rings (SSSR count). The van der Waals surface area contributed by atoms with E-state index in [9.17, 15) is 35.1 Å². The normalized spacial score (nSPS) is 18.5. The van der Waals surface area contributed by atoms with Gasteiger partial charge in [-0.15, -0.1) is 0 Å². The molecule has 1 amide bonds. The van der Waals surface area contributed by atoms with Gasteiger partial charge in [0, 0.05) is 12.8 Å². The lowest BCUT2D eigenvalue weighted by molar-refractivity contribution is -0.302. The molecule has 0 spiro atoms. The number of nitrogens with one attached hydrogen (secondary N) is 1. The molecule has 0 bridgehead atoms. The van der Waals surface area contributed by atoms with E-state index in [4.69, 9.17) is 14.2 Å². The van der Waals surface area contributed by atoms with E-state index in [0.29, 0.717) is 19.4 Å². The molecule has 82 heavy (non-hydrogen) atoms. The number of amides is 1. The fourth-order valence-corrected chi connectivity index (χ4v) is 10.6. The number of unbranched alkanes of at least 4 members (excludes halogenated alkanes) is 38. The van der Waals surface area contributed by atoms with Gasteiger partial charge in [-0.25, -0.2) is 0 Å². The Balaban J connectivity index is 2.02. The molecule has 0 aliphatic carbocycles. The molecule has 0 saturated carbocycles. The summed E-state index contributed by atoms with van der Waals surface area (Å²) >= 11 is 0. The van der Waals surface area contributed by atoms with E-state index in [0.717, 1.165) is 83.5 Å². The van der Waals surface area contributed by atoms with Crippen LogP contribution in [0.5, 0.6) is 0 Å². The summed E-state index contributed by atoms with van der Waals surface area (Å²) in [6.45, 7) is 4.29. The average Bonchev–Trinajstić information content (AvgIpc) is 3.51. The third kappa shape index (κ3) is 48.6. The van der Waals surface area contributed by atoms with Crippen molar-refractivity contribution in [2.75, 3.05) is 19.8 Å². The maximum atomic E-state index is 13.1. The Kier molecular flexibility index (Phi) is 56.7. The van der Waals surface area contributed by atoms with E-state index in [1.54, 1.807) is 6.08 Å². The number of rotatable bonds is 60. The molecule has 11 heteroatoms. The minimum absolute atomic E-state index is 0.0146. The lowest BCUT2D eigenvalue weighted by atomic mass is 9.99. The minimum atomic E-state index is -1.57. The Labute approximate surface area is 503 Å². The van der Waals surface area contributed by atoms with E-state index >= 15 is 0 Å². The average molecular weight is 1160 g/mol. The molecule has 1 saturated heterocycles. The van der Waals surface area contributed by atoms with Crippen molar-refractivity contribution in [3.8, 4) is 0 Å². The summed E-state index contributed by atoms with van der Waals surface area (Å²) in [6.07, 6.45) is 69.0. The zero-order chi connectivity index (χ0) is 59.5. The summed E-state index contributed by atoms with van der Waals surface area (Å²) in [6, 6.07) is -0.814. The number of hydrogen-bond donors (Lipinski definition) is 6. The molecule has 0 aromatic rings. The van der Waals surface area contributed by atoms with Gasteiger partial charge in [-0.2, -0.15) is 0 Å². The van der Waals surface area contributed by atoms with Crippen molar-refractivity contribution in [2.45, 2.75) is 358 Å². The van der Waals surface area contributed by atoms with Crippen LogP contribution in [0.1, 0.15) is 316 Å². The van der Waals surface area contributed by atoms with E-state index in [-0.39, 0.29) is 18.5 Å². The molecule has 6 N–H and O–H groups in total. The van der Waals surface area contributed by atoms with Crippen LogP contribution in [0, 0.1) is 0 Å². The van der Waals surface area contributed by atoms with Gasteiger partial charge in [-0.05, 0) is 89.9 Å². The van der Waals surface area contributed by atoms with Crippen LogP contribution in [0.2, 0.25) is 0 Å². The zero-order valence-corrected chi connectivity index (χ0v) is 52.9. The highest BCUT2D eigenvalue weighted by Gasteiger charge is 2.44. The number of aliphatic hydroxyl groups excluding tert-OH is 5. The predicted molar refractivity (Wildman–Crippen MR) is 343 cm³/mol. The van der Waals surface area contributed by atoms with Crippen molar-refractivity contribution in [3.05, 3.63) is 60.8 Å². The van der Waals surface area contributed by atoms with Gasteiger partial charge in [0.2, 0.25) is 5.91 Å². The topological polar surface area (TPSA) is 175 Å². The summed E-state index contributed by atoms with van der Waals surface area (Å²) in [5.41, 5.74) is 0. The molecule has 0 radical (unpaired) electrons. The highest BCUT2D eigenvalue weighted by atomic mass is 16.7. The first-order chi connectivity index (χ1) is 40.2. The fraction of sp³-hybridized carbons (Fsp3) is 0.831. The number of ether oxygens (including phenoxy) is 3. The van der Waals surface area contributed by atoms with E-state index in [1.165, 1.54) is 205 Å². The van der Waals surface area contributed by atoms with Gasteiger partial charge < -0.3 is 45.1 Å². The largest absolute Gasteiger partial charge is 0.466 e. The van der Waals surface area contributed by atoms with Crippen LogP contribution in [0.15, 0.2) is 60.8 Å². The van der Waals surface area contributed by atoms with Gasteiger partial charge in [0.05, 0.1) is 32.0 Å². The van der Waals surface area contributed by atoms with E-state index < -0.39 is 49.5 Å². The Morgan fingerprint density at radius 1 is 0.451 bits per heavy atom. The summed E-state index contributed by atoms with van der Waals surface area (Å²) in [5.74, 6) is -0.199. The van der Waals surface area contributed by atoms with Crippen molar-refractivity contribution in [1.82, 2.24) is 5.32 Å². The molecule has 7 atom stereocenters. The lowest BCUT2D eigenvalue weighted by Gasteiger charge is -2.40. The molecule has 11 nitrogen and oxygen atoms in total. The van der Waals surface area contributed by atoms with Crippen LogP contribution in [0.25, 0.3) is 0 Å². The highest BCUT2D eigenvalue weighted by Crippen LogP contribution is 2.23. The van der Waals surface area contributed by atoms with Crippen LogP contribution in [-0.4, -0.2) is 100 Å². The van der Waals surface area contributed by atoms with E-state index in [2.05, 4.69) is 67.8 Å². The summed E-state index contributed by atoms with van der Waals surface area (Å²) < 4.78 is 16.7. The Hall–Kier alpha value is -2.64. The van der Waals surface area contributed by atoms with Crippen LogP contribution in [0.4, 0.5) is 0 Å². The van der Waals surface area contributed by atoms with Gasteiger partial charge in [-0.3, -0.25) is 9.59 Å². The van der Waals surface area contributed by atoms with Crippen LogP contribution in [0.3, 0.4) is 0 Å². The molecule has 1 fully saturated rings. The van der Waals surface area contributed by atoms with Gasteiger partial charge in [0.25, 0.3) is 0 Å². The third-order valence-electron chi connectivity index (χ3n) is 16.1. The lowest BCUT2D eigenvalue weighted by Crippen LogP contribution is -2.60. The molecule has 0 aromatic heterocycles. The molecular formula is C71H129NO10. The van der Waals surface area contributed by atoms with Gasteiger partial charge >= 0.3 is 5.97 Å². The van der Waals surface area contributed by atoms with Crippen molar-refractivity contribution in [1.29, 1.82) is 0 Å². The smallest absolute Gasteiger partial charge is 0.305 e. The molecule has 1 heterocycles. The molecule has 1 aliphatic heterocycles. The molecular weight excluding hydrogens is 1030 g/mol.